The number of halogens is 2. The molecule has 0 spiro atoms. The summed E-state index contributed by atoms with van der Waals surface area (Å²) in [6.07, 6.45) is 1.39. The molecule has 4 nitrogen and oxygen atoms in total. The van der Waals surface area contributed by atoms with E-state index in [0.29, 0.717) is 22.1 Å². The van der Waals surface area contributed by atoms with Crippen molar-refractivity contribution in [3.8, 4) is 11.3 Å². The Morgan fingerprint density at radius 1 is 1.04 bits per heavy atom. The average Bonchev–Trinajstić information content (AvgIpc) is 3.05. The van der Waals surface area contributed by atoms with Crippen LogP contribution < -0.4 is 5.43 Å². The van der Waals surface area contributed by atoms with E-state index in [1.807, 2.05) is 12.1 Å². The smallest absolute Gasteiger partial charge is 0.271 e. The fourth-order valence-electron chi connectivity index (χ4n) is 2.01. The molecule has 0 bridgehead atoms. The van der Waals surface area contributed by atoms with E-state index in [0.717, 1.165) is 5.56 Å². The molecular weight excluding hydrogens is 331 g/mol. The lowest BCUT2D eigenvalue weighted by Gasteiger charge is -1.99. The van der Waals surface area contributed by atoms with Gasteiger partial charge in [-0.2, -0.15) is 5.10 Å². The maximum absolute atomic E-state index is 12.8. The van der Waals surface area contributed by atoms with Crippen LogP contribution in [0.25, 0.3) is 11.3 Å². The predicted molar refractivity (Wildman–Crippen MR) is 90.6 cm³/mol. The van der Waals surface area contributed by atoms with E-state index in [1.165, 1.54) is 30.5 Å². The second kappa shape index (κ2) is 7.10. The van der Waals surface area contributed by atoms with Crippen LogP contribution in [-0.2, 0) is 0 Å². The maximum atomic E-state index is 12.8. The van der Waals surface area contributed by atoms with Crippen molar-refractivity contribution in [1.29, 1.82) is 0 Å². The molecule has 3 rings (SSSR count). The second-order valence-electron chi connectivity index (χ2n) is 4.91. The van der Waals surface area contributed by atoms with Crippen molar-refractivity contribution in [1.82, 2.24) is 5.43 Å². The Morgan fingerprint density at radius 2 is 1.75 bits per heavy atom. The zero-order valence-electron chi connectivity index (χ0n) is 12.4. The number of hydrogen-bond acceptors (Lipinski definition) is 3. The number of furan rings is 1. The first-order chi connectivity index (χ1) is 11.6. The van der Waals surface area contributed by atoms with E-state index in [4.69, 9.17) is 16.0 Å². The molecule has 0 saturated carbocycles. The van der Waals surface area contributed by atoms with Gasteiger partial charge in [-0.1, -0.05) is 11.6 Å². The van der Waals surface area contributed by atoms with Gasteiger partial charge in [-0.25, -0.2) is 9.82 Å². The Balaban J connectivity index is 1.64. The lowest BCUT2D eigenvalue weighted by atomic mass is 10.2. The summed E-state index contributed by atoms with van der Waals surface area (Å²) in [7, 11) is 0. The van der Waals surface area contributed by atoms with E-state index in [-0.39, 0.29) is 0 Å². The Labute approximate surface area is 142 Å². The molecule has 0 fully saturated rings. The number of amides is 1. The van der Waals surface area contributed by atoms with Crippen molar-refractivity contribution in [2.75, 3.05) is 0 Å². The molecule has 2 aromatic carbocycles. The topological polar surface area (TPSA) is 54.6 Å². The first-order valence-electron chi connectivity index (χ1n) is 7.06. The van der Waals surface area contributed by atoms with Gasteiger partial charge in [0.2, 0.25) is 0 Å². The Morgan fingerprint density at radius 3 is 2.46 bits per heavy atom. The van der Waals surface area contributed by atoms with E-state index >= 15 is 0 Å². The molecule has 1 heterocycles. The van der Waals surface area contributed by atoms with Crippen LogP contribution in [0.5, 0.6) is 0 Å². The second-order valence-corrected chi connectivity index (χ2v) is 5.35. The van der Waals surface area contributed by atoms with Gasteiger partial charge in [0.05, 0.1) is 6.21 Å². The van der Waals surface area contributed by atoms with Gasteiger partial charge in [0.1, 0.15) is 17.3 Å². The van der Waals surface area contributed by atoms with E-state index in [9.17, 15) is 9.18 Å². The quantitative estimate of drug-likeness (QED) is 0.560. The highest BCUT2D eigenvalue weighted by atomic mass is 35.5. The summed E-state index contributed by atoms with van der Waals surface area (Å²) in [6, 6.07) is 16.0. The fraction of sp³-hybridized carbons (Fsp3) is 0. The van der Waals surface area contributed by atoms with Crippen LogP contribution in [0.2, 0.25) is 5.02 Å². The highest BCUT2D eigenvalue weighted by molar-refractivity contribution is 6.30. The van der Waals surface area contributed by atoms with Gasteiger partial charge in [-0.05, 0) is 60.7 Å². The van der Waals surface area contributed by atoms with Crippen molar-refractivity contribution in [2.45, 2.75) is 0 Å². The maximum Gasteiger partial charge on any atom is 0.271 e. The van der Waals surface area contributed by atoms with Gasteiger partial charge in [-0.3, -0.25) is 4.79 Å². The molecule has 1 aromatic heterocycles. The summed E-state index contributed by atoms with van der Waals surface area (Å²) in [5, 5.41) is 4.48. The Bertz CT molecular complexity index is 871. The number of nitrogens with one attached hydrogen (secondary N) is 1. The summed E-state index contributed by atoms with van der Waals surface area (Å²) in [4.78, 5) is 11.8. The van der Waals surface area contributed by atoms with Crippen LogP contribution in [0.15, 0.2) is 70.2 Å². The van der Waals surface area contributed by atoms with Crippen LogP contribution in [0.4, 0.5) is 4.39 Å². The lowest BCUT2D eigenvalue weighted by Crippen LogP contribution is -2.17. The summed E-state index contributed by atoms with van der Waals surface area (Å²) in [6.45, 7) is 0. The van der Waals surface area contributed by atoms with Crippen molar-refractivity contribution in [3.63, 3.8) is 0 Å². The zero-order chi connectivity index (χ0) is 16.9. The molecular formula is C18H12ClFN2O2. The third-order valence-corrected chi connectivity index (χ3v) is 3.47. The number of rotatable bonds is 4. The SMILES string of the molecule is O=C(N/N=C/c1ccc(-c2ccc(Cl)cc2)o1)c1ccc(F)cc1. The van der Waals surface area contributed by atoms with Crippen LogP contribution in [0, 0.1) is 5.82 Å². The van der Waals surface area contributed by atoms with Crippen molar-refractivity contribution < 1.29 is 13.6 Å². The van der Waals surface area contributed by atoms with Crippen LogP contribution in [0.3, 0.4) is 0 Å². The number of hydrazone groups is 1. The normalized spacial score (nSPS) is 10.9. The molecule has 6 heteroatoms. The monoisotopic (exact) mass is 342 g/mol. The van der Waals surface area contributed by atoms with E-state index < -0.39 is 11.7 Å². The molecule has 120 valence electrons. The number of benzene rings is 2. The molecule has 24 heavy (non-hydrogen) atoms. The van der Waals surface area contributed by atoms with Gasteiger partial charge in [-0.15, -0.1) is 0 Å². The molecule has 0 aliphatic heterocycles. The van der Waals surface area contributed by atoms with Gasteiger partial charge in [0, 0.05) is 16.1 Å². The minimum absolute atomic E-state index is 0.315. The van der Waals surface area contributed by atoms with E-state index in [2.05, 4.69) is 10.5 Å². The molecule has 1 amide bonds. The molecule has 3 aromatic rings. The Kier molecular flexibility index (Phi) is 4.72. The molecule has 0 atom stereocenters. The molecule has 0 saturated heterocycles. The number of nitrogens with zero attached hydrogens (tertiary/aromatic N) is 1. The minimum Gasteiger partial charge on any atom is -0.455 e. The molecule has 0 aliphatic carbocycles. The number of carbonyl (C=O) groups is 1. The highest BCUT2D eigenvalue weighted by Crippen LogP contribution is 2.23. The van der Waals surface area contributed by atoms with Crippen molar-refractivity contribution in [3.05, 3.63) is 82.8 Å². The molecule has 1 N–H and O–H groups in total. The fourth-order valence-corrected chi connectivity index (χ4v) is 2.14. The highest BCUT2D eigenvalue weighted by Gasteiger charge is 2.05. The van der Waals surface area contributed by atoms with Crippen molar-refractivity contribution in [2.24, 2.45) is 5.10 Å². The summed E-state index contributed by atoms with van der Waals surface area (Å²) < 4.78 is 18.4. The van der Waals surface area contributed by atoms with Gasteiger partial charge in [0.15, 0.2) is 0 Å². The third-order valence-electron chi connectivity index (χ3n) is 3.22. The number of carbonyl (C=O) groups excluding carboxylic acids is 1. The minimum atomic E-state index is -0.435. The third kappa shape index (κ3) is 3.88. The molecule has 0 aliphatic rings. The largest absolute Gasteiger partial charge is 0.455 e. The van der Waals surface area contributed by atoms with Crippen molar-refractivity contribution >= 4 is 23.7 Å². The van der Waals surface area contributed by atoms with Crippen LogP contribution >= 0.6 is 11.6 Å². The number of hydrogen-bond donors (Lipinski definition) is 1. The lowest BCUT2D eigenvalue weighted by molar-refractivity contribution is 0.0955. The Hall–Kier alpha value is -2.92. The average molecular weight is 343 g/mol. The zero-order valence-corrected chi connectivity index (χ0v) is 13.1. The van der Waals surface area contributed by atoms with Gasteiger partial charge < -0.3 is 4.42 Å². The van der Waals surface area contributed by atoms with E-state index in [1.54, 1.807) is 24.3 Å². The van der Waals surface area contributed by atoms with Crippen LogP contribution in [0.1, 0.15) is 16.1 Å². The predicted octanol–water partition coefficient (Wildman–Crippen LogP) is 4.50. The van der Waals surface area contributed by atoms with Gasteiger partial charge >= 0.3 is 0 Å². The molecule has 0 unspecified atom stereocenters. The van der Waals surface area contributed by atoms with Gasteiger partial charge in [0.25, 0.3) is 5.91 Å². The van der Waals surface area contributed by atoms with Crippen LogP contribution in [-0.4, -0.2) is 12.1 Å². The first-order valence-corrected chi connectivity index (χ1v) is 7.44. The summed E-state index contributed by atoms with van der Waals surface area (Å²) >= 11 is 5.85. The summed E-state index contributed by atoms with van der Waals surface area (Å²) in [5.74, 6) is 0.313. The standard InChI is InChI=1S/C18H12ClFN2O2/c19-14-5-1-12(2-6-14)17-10-9-16(24-17)11-21-22-18(23)13-3-7-15(20)8-4-13/h1-11H,(H,22,23)/b21-11+. The molecule has 0 radical (unpaired) electrons. The first kappa shape index (κ1) is 16.0. The summed E-state index contributed by atoms with van der Waals surface area (Å²) in [5.41, 5.74) is 3.55.